The Morgan fingerprint density at radius 3 is 2.59 bits per heavy atom. The van der Waals surface area contributed by atoms with Gasteiger partial charge in [0, 0.05) is 37.0 Å². The van der Waals surface area contributed by atoms with Gasteiger partial charge in [-0.25, -0.2) is 4.79 Å². The highest BCUT2D eigenvalue weighted by Gasteiger charge is 2.12. The normalized spacial score (nSPS) is 10.3. The summed E-state index contributed by atoms with van der Waals surface area (Å²) in [5.41, 5.74) is 0.0510. The summed E-state index contributed by atoms with van der Waals surface area (Å²) in [4.78, 5) is 49.7. The van der Waals surface area contributed by atoms with Gasteiger partial charge in [-0.05, 0) is 18.6 Å². The van der Waals surface area contributed by atoms with Crippen LogP contribution in [0.15, 0.2) is 34.0 Å². The Balaban J connectivity index is 2.12. The number of hydrogen-bond donors (Lipinski definition) is 3. The van der Waals surface area contributed by atoms with Crippen molar-refractivity contribution in [3.8, 4) is 5.75 Å². The third kappa shape index (κ3) is 5.06. The number of carbonyl (C=O) groups excluding carboxylic acids is 2. The van der Waals surface area contributed by atoms with E-state index >= 15 is 0 Å². The van der Waals surface area contributed by atoms with Gasteiger partial charge in [-0.1, -0.05) is 6.92 Å². The highest BCUT2D eigenvalue weighted by molar-refractivity contribution is 5.95. The number of anilines is 2. The second kappa shape index (κ2) is 8.84. The number of ether oxygens (including phenoxy) is 1. The first-order chi connectivity index (χ1) is 12.8. The molecule has 1 heterocycles. The maximum absolute atomic E-state index is 12.2. The molecule has 0 saturated heterocycles. The van der Waals surface area contributed by atoms with Crippen LogP contribution in [-0.4, -0.2) is 28.5 Å². The van der Waals surface area contributed by atoms with Crippen LogP contribution in [0.3, 0.4) is 0 Å². The number of hydrogen-bond acceptors (Lipinski definition) is 5. The first-order valence-corrected chi connectivity index (χ1v) is 8.41. The second-order valence-electron chi connectivity index (χ2n) is 5.92. The van der Waals surface area contributed by atoms with Crippen molar-refractivity contribution in [2.75, 3.05) is 17.7 Å². The summed E-state index contributed by atoms with van der Waals surface area (Å²) in [6.45, 7) is 1.91. The Labute approximate surface area is 155 Å². The van der Waals surface area contributed by atoms with Crippen LogP contribution >= 0.6 is 0 Å². The number of aromatic amines is 1. The lowest BCUT2D eigenvalue weighted by atomic mass is 10.2. The van der Waals surface area contributed by atoms with E-state index in [4.69, 9.17) is 4.74 Å². The summed E-state index contributed by atoms with van der Waals surface area (Å²) in [5.74, 6) is -0.150. The quantitative estimate of drug-likeness (QED) is 0.667. The van der Waals surface area contributed by atoms with Gasteiger partial charge < -0.3 is 20.4 Å². The molecule has 2 amide bonds. The molecule has 0 spiro atoms. The number of amides is 2. The summed E-state index contributed by atoms with van der Waals surface area (Å²) >= 11 is 0. The Morgan fingerprint density at radius 1 is 1.19 bits per heavy atom. The molecule has 27 heavy (non-hydrogen) atoms. The predicted molar refractivity (Wildman–Crippen MR) is 101 cm³/mol. The number of carbonyl (C=O) groups is 2. The van der Waals surface area contributed by atoms with Crippen LogP contribution in [0.5, 0.6) is 5.75 Å². The van der Waals surface area contributed by atoms with Crippen LogP contribution in [-0.2, 0) is 23.1 Å². The van der Waals surface area contributed by atoms with Gasteiger partial charge in [-0.15, -0.1) is 0 Å². The first kappa shape index (κ1) is 20.0. The lowest BCUT2D eigenvalue weighted by Gasteiger charge is -2.12. The average molecular weight is 374 g/mol. The van der Waals surface area contributed by atoms with Crippen LogP contribution < -0.4 is 26.6 Å². The van der Waals surface area contributed by atoms with E-state index in [9.17, 15) is 19.2 Å². The van der Waals surface area contributed by atoms with E-state index in [1.807, 2.05) is 6.92 Å². The summed E-state index contributed by atoms with van der Waals surface area (Å²) in [6, 6.07) is 4.82. The lowest BCUT2D eigenvalue weighted by Crippen LogP contribution is -2.35. The van der Waals surface area contributed by atoms with Gasteiger partial charge in [-0.2, -0.15) is 0 Å². The topological polar surface area (TPSA) is 122 Å². The molecule has 0 aliphatic carbocycles. The number of H-pyrrole nitrogens is 1. The number of rotatable bonds is 7. The highest BCUT2D eigenvalue weighted by atomic mass is 16.5. The molecule has 2 aromatic rings. The molecular formula is C18H22N4O5. The molecule has 0 saturated carbocycles. The van der Waals surface area contributed by atoms with E-state index in [0.717, 1.165) is 11.0 Å². The van der Waals surface area contributed by atoms with Crippen molar-refractivity contribution in [2.24, 2.45) is 7.05 Å². The van der Waals surface area contributed by atoms with Gasteiger partial charge in [0.2, 0.25) is 11.8 Å². The number of methoxy groups -OCH3 is 1. The van der Waals surface area contributed by atoms with Crippen LogP contribution in [0.4, 0.5) is 11.4 Å². The lowest BCUT2D eigenvalue weighted by molar-refractivity contribution is -0.116. The predicted octanol–water partition coefficient (Wildman–Crippen LogP) is 1.00. The third-order valence-corrected chi connectivity index (χ3v) is 3.84. The number of benzene rings is 1. The number of nitrogens with one attached hydrogen (secondary N) is 3. The molecule has 0 aliphatic rings. The van der Waals surface area contributed by atoms with E-state index < -0.39 is 17.2 Å². The minimum absolute atomic E-state index is 0.124. The molecule has 2 rings (SSSR count). The van der Waals surface area contributed by atoms with Gasteiger partial charge in [0.1, 0.15) is 5.75 Å². The van der Waals surface area contributed by atoms with Gasteiger partial charge in [0.15, 0.2) is 0 Å². The van der Waals surface area contributed by atoms with Crippen LogP contribution in [0, 0.1) is 0 Å². The van der Waals surface area contributed by atoms with Crippen LogP contribution in [0.25, 0.3) is 0 Å². The largest absolute Gasteiger partial charge is 0.494 e. The maximum Gasteiger partial charge on any atom is 0.328 e. The van der Waals surface area contributed by atoms with Crippen molar-refractivity contribution in [1.29, 1.82) is 0 Å². The zero-order valence-electron chi connectivity index (χ0n) is 15.4. The zero-order chi connectivity index (χ0) is 20.0. The fourth-order valence-electron chi connectivity index (χ4n) is 2.43. The van der Waals surface area contributed by atoms with Crippen LogP contribution in [0.1, 0.15) is 25.3 Å². The fourth-order valence-corrected chi connectivity index (χ4v) is 2.43. The van der Waals surface area contributed by atoms with Crippen molar-refractivity contribution in [1.82, 2.24) is 9.55 Å². The highest BCUT2D eigenvalue weighted by Crippen LogP contribution is 2.28. The molecule has 0 unspecified atom stereocenters. The van der Waals surface area contributed by atoms with Crippen molar-refractivity contribution < 1.29 is 14.3 Å². The molecule has 0 bridgehead atoms. The molecule has 9 heteroatoms. The number of aromatic nitrogens is 2. The monoisotopic (exact) mass is 374 g/mol. The molecular weight excluding hydrogens is 352 g/mol. The molecule has 1 aromatic heterocycles. The summed E-state index contributed by atoms with van der Waals surface area (Å²) in [7, 11) is 2.79. The first-order valence-electron chi connectivity index (χ1n) is 8.41. The zero-order valence-corrected chi connectivity index (χ0v) is 15.4. The number of nitrogens with zero attached hydrogens (tertiary/aromatic N) is 1. The molecule has 0 atom stereocenters. The average Bonchev–Trinajstić information content (AvgIpc) is 2.63. The standard InChI is InChI=1S/C18H22N4O5/c1-4-5-15(23)21-13-7-6-12(9-14(13)27-3)20-16(24)8-11-10-19-18(26)22(2)17(11)25/h6-7,9-10H,4-5,8H2,1-3H3,(H,19,26)(H,20,24)(H,21,23). The van der Waals surface area contributed by atoms with E-state index in [-0.39, 0.29) is 17.9 Å². The molecule has 0 radical (unpaired) electrons. The van der Waals surface area contributed by atoms with Crippen molar-refractivity contribution in [2.45, 2.75) is 26.2 Å². The van der Waals surface area contributed by atoms with Gasteiger partial charge in [0.05, 0.1) is 19.2 Å². The van der Waals surface area contributed by atoms with Crippen molar-refractivity contribution in [3.63, 3.8) is 0 Å². The van der Waals surface area contributed by atoms with E-state index in [1.165, 1.54) is 20.4 Å². The van der Waals surface area contributed by atoms with Gasteiger partial charge in [-0.3, -0.25) is 19.0 Å². The summed E-state index contributed by atoms with van der Waals surface area (Å²) in [6.07, 6.45) is 2.17. The van der Waals surface area contributed by atoms with E-state index in [2.05, 4.69) is 15.6 Å². The van der Waals surface area contributed by atoms with Crippen LogP contribution in [0.2, 0.25) is 0 Å². The minimum Gasteiger partial charge on any atom is -0.494 e. The van der Waals surface area contributed by atoms with Gasteiger partial charge in [0.25, 0.3) is 5.56 Å². The smallest absolute Gasteiger partial charge is 0.328 e. The molecule has 9 nitrogen and oxygen atoms in total. The Morgan fingerprint density at radius 2 is 1.93 bits per heavy atom. The molecule has 0 aliphatic heterocycles. The molecule has 3 N–H and O–H groups in total. The third-order valence-electron chi connectivity index (χ3n) is 3.84. The Hall–Kier alpha value is -3.36. The summed E-state index contributed by atoms with van der Waals surface area (Å²) in [5, 5.41) is 5.41. The summed E-state index contributed by atoms with van der Waals surface area (Å²) < 4.78 is 6.16. The molecule has 0 fully saturated rings. The molecule has 1 aromatic carbocycles. The fraction of sp³-hybridized carbons (Fsp3) is 0.333. The van der Waals surface area contributed by atoms with Crippen molar-refractivity contribution in [3.05, 3.63) is 50.8 Å². The minimum atomic E-state index is -0.547. The molecule has 144 valence electrons. The SMILES string of the molecule is CCCC(=O)Nc1ccc(NC(=O)Cc2c[nH]c(=O)n(C)c2=O)cc1OC. The Bertz CT molecular complexity index is 961. The van der Waals surface area contributed by atoms with Crippen molar-refractivity contribution >= 4 is 23.2 Å². The Kier molecular flexibility index (Phi) is 6.53. The van der Waals surface area contributed by atoms with Gasteiger partial charge >= 0.3 is 5.69 Å². The second-order valence-corrected chi connectivity index (χ2v) is 5.92. The van der Waals surface area contributed by atoms with E-state index in [1.54, 1.807) is 18.2 Å². The van der Waals surface area contributed by atoms with E-state index in [0.29, 0.717) is 23.5 Å². The maximum atomic E-state index is 12.2.